The molecule has 5 rings (SSSR count). The fraction of sp³-hybridized carbons (Fsp3) is 0.292. The van der Waals surface area contributed by atoms with E-state index in [4.69, 9.17) is 5.10 Å². The third-order valence-corrected chi connectivity index (χ3v) is 5.91. The van der Waals surface area contributed by atoms with Gasteiger partial charge in [0.25, 0.3) is 5.56 Å². The summed E-state index contributed by atoms with van der Waals surface area (Å²) in [6, 6.07) is 9.91. The largest absolute Gasteiger partial charge is 0.333 e. The van der Waals surface area contributed by atoms with Gasteiger partial charge < -0.3 is 4.57 Å². The van der Waals surface area contributed by atoms with E-state index in [9.17, 15) is 9.59 Å². The van der Waals surface area contributed by atoms with E-state index in [0.29, 0.717) is 35.6 Å². The Morgan fingerprint density at radius 2 is 1.85 bits per heavy atom. The normalized spacial score (nSPS) is 11.7. The van der Waals surface area contributed by atoms with Gasteiger partial charge in [0.2, 0.25) is 0 Å². The molecule has 1 aromatic carbocycles. The number of nitrogens with one attached hydrogen (secondary N) is 1. The molecule has 0 saturated carbocycles. The zero-order chi connectivity index (χ0) is 24.0. The average molecular weight is 459 g/mol. The molecule has 0 radical (unpaired) electrons. The van der Waals surface area contributed by atoms with Crippen molar-refractivity contribution in [2.75, 3.05) is 0 Å². The quantitative estimate of drug-likeness (QED) is 0.420. The summed E-state index contributed by atoms with van der Waals surface area (Å²) in [7, 11) is 3.37. The Bertz CT molecular complexity index is 1600. The van der Waals surface area contributed by atoms with Crippen LogP contribution in [-0.4, -0.2) is 38.7 Å². The lowest BCUT2D eigenvalue weighted by molar-refractivity contribution is 0.498. The van der Waals surface area contributed by atoms with Gasteiger partial charge in [-0.3, -0.25) is 23.7 Å². The third-order valence-electron chi connectivity index (χ3n) is 5.91. The van der Waals surface area contributed by atoms with Crippen LogP contribution in [0.25, 0.3) is 33.8 Å². The molecule has 0 aliphatic heterocycles. The summed E-state index contributed by atoms with van der Waals surface area (Å²) in [5.41, 5.74) is 2.95. The second-order valence-corrected chi connectivity index (χ2v) is 8.85. The molecule has 0 aliphatic carbocycles. The van der Waals surface area contributed by atoms with Crippen LogP contribution in [0.5, 0.6) is 0 Å². The molecule has 0 amide bonds. The van der Waals surface area contributed by atoms with E-state index < -0.39 is 0 Å². The Morgan fingerprint density at radius 1 is 1.09 bits per heavy atom. The van der Waals surface area contributed by atoms with E-state index in [-0.39, 0.29) is 17.2 Å². The molecule has 0 bridgehead atoms. The number of imidazole rings is 1. The van der Waals surface area contributed by atoms with E-state index >= 15 is 0 Å². The minimum absolute atomic E-state index is 0.193. The number of hydrogen-bond acceptors (Lipinski definition) is 5. The van der Waals surface area contributed by atoms with E-state index in [1.165, 1.54) is 7.05 Å². The fourth-order valence-corrected chi connectivity index (χ4v) is 4.27. The molecular formula is C24H26N8O2. The minimum atomic E-state index is -0.389. The second kappa shape index (κ2) is 8.29. The van der Waals surface area contributed by atoms with E-state index in [0.717, 1.165) is 21.4 Å². The Balaban J connectivity index is 1.79. The van der Waals surface area contributed by atoms with Crippen LogP contribution in [-0.2, 0) is 27.2 Å². The van der Waals surface area contributed by atoms with Gasteiger partial charge in [0.15, 0.2) is 11.5 Å². The van der Waals surface area contributed by atoms with Crippen molar-refractivity contribution in [3.05, 3.63) is 75.3 Å². The number of rotatable bonds is 6. The predicted octanol–water partition coefficient (Wildman–Crippen LogP) is 2.39. The van der Waals surface area contributed by atoms with Crippen molar-refractivity contribution in [1.29, 1.82) is 0 Å². The van der Waals surface area contributed by atoms with Gasteiger partial charge in [0.1, 0.15) is 11.1 Å². The number of benzene rings is 1. The van der Waals surface area contributed by atoms with Crippen molar-refractivity contribution >= 4 is 11.0 Å². The van der Waals surface area contributed by atoms with Crippen molar-refractivity contribution in [3.63, 3.8) is 0 Å². The molecule has 5 aromatic rings. The summed E-state index contributed by atoms with van der Waals surface area (Å²) in [6.45, 7) is 4.84. The van der Waals surface area contributed by atoms with Gasteiger partial charge in [-0.1, -0.05) is 44.2 Å². The summed E-state index contributed by atoms with van der Waals surface area (Å²) in [6.07, 6.45) is 5.26. The van der Waals surface area contributed by atoms with Crippen molar-refractivity contribution in [1.82, 2.24) is 38.7 Å². The van der Waals surface area contributed by atoms with E-state index in [1.54, 1.807) is 21.6 Å². The number of aryl methyl sites for hydroxylation is 1. The number of aromatic amines is 1. The highest BCUT2D eigenvalue weighted by molar-refractivity contribution is 5.89. The molecule has 0 atom stereocenters. The Labute approximate surface area is 195 Å². The summed E-state index contributed by atoms with van der Waals surface area (Å²) in [4.78, 5) is 30.9. The van der Waals surface area contributed by atoms with Crippen LogP contribution in [0.3, 0.4) is 0 Å². The molecule has 0 aliphatic rings. The third kappa shape index (κ3) is 3.47. The maximum Gasteiger partial charge on any atom is 0.332 e. The van der Waals surface area contributed by atoms with E-state index in [2.05, 4.69) is 15.2 Å². The highest BCUT2D eigenvalue weighted by atomic mass is 16.2. The average Bonchev–Trinajstić information content (AvgIpc) is 3.54. The van der Waals surface area contributed by atoms with Crippen LogP contribution in [0.15, 0.2) is 58.5 Å². The second-order valence-electron chi connectivity index (χ2n) is 8.85. The van der Waals surface area contributed by atoms with Crippen LogP contribution in [0, 0.1) is 5.92 Å². The highest BCUT2D eigenvalue weighted by Gasteiger charge is 2.25. The van der Waals surface area contributed by atoms with Crippen LogP contribution in [0.4, 0.5) is 0 Å². The maximum absolute atomic E-state index is 13.4. The first-order valence-electron chi connectivity index (χ1n) is 11.1. The number of nitrogens with zero attached hydrogens (tertiary/aromatic N) is 7. The van der Waals surface area contributed by atoms with Gasteiger partial charge >= 0.3 is 5.69 Å². The van der Waals surface area contributed by atoms with Gasteiger partial charge in [0, 0.05) is 38.6 Å². The molecule has 174 valence electrons. The molecule has 10 nitrogen and oxygen atoms in total. The molecule has 0 unspecified atom stereocenters. The van der Waals surface area contributed by atoms with Gasteiger partial charge in [-0.25, -0.2) is 9.78 Å². The molecule has 0 spiro atoms. The summed E-state index contributed by atoms with van der Waals surface area (Å²) >= 11 is 0. The zero-order valence-corrected chi connectivity index (χ0v) is 19.6. The first-order chi connectivity index (χ1) is 16.4. The Kier molecular flexibility index (Phi) is 5.27. The number of aromatic nitrogens is 8. The van der Waals surface area contributed by atoms with Crippen molar-refractivity contribution in [2.24, 2.45) is 20.0 Å². The summed E-state index contributed by atoms with van der Waals surface area (Å²) in [5.74, 6) is 0.790. The lowest BCUT2D eigenvalue weighted by Gasteiger charge is -2.11. The van der Waals surface area contributed by atoms with Gasteiger partial charge in [-0.15, -0.1) is 0 Å². The van der Waals surface area contributed by atoms with Crippen molar-refractivity contribution in [3.8, 4) is 22.8 Å². The fourth-order valence-electron chi connectivity index (χ4n) is 4.27. The highest BCUT2D eigenvalue weighted by Crippen LogP contribution is 2.28. The van der Waals surface area contributed by atoms with Crippen LogP contribution < -0.4 is 11.2 Å². The smallest absolute Gasteiger partial charge is 0.332 e. The van der Waals surface area contributed by atoms with E-state index in [1.807, 2.05) is 62.0 Å². The predicted molar refractivity (Wildman–Crippen MR) is 129 cm³/mol. The molecule has 4 aromatic heterocycles. The number of hydrogen-bond donors (Lipinski definition) is 1. The van der Waals surface area contributed by atoms with Gasteiger partial charge in [-0.2, -0.15) is 10.2 Å². The maximum atomic E-state index is 13.4. The molecule has 0 fully saturated rings. The monoisotopic (exact) mass is 458 g/mol. The van der Waals surface area contributed by atoms with Crippen molar-refractivity contribution in [2.45, 2.75) is 26.9 Å². The SMILES string of the molecule is CC(C)Cn1c(=O)n(C)c(=O)c2c(-c3nccn3C)n(Cc3cn[nH]c3-c3ccccc3)nc21. The first kappa shape index (κ1) is 21.6. The van der Waals surface area contributed by atoms with Gasteiger partial charge in [-0.05, 0) is 11.5 Å². The number of H-pyrrole nitrogens is 1. The van der Waals surface area contributed by atoms with Crippen LogP contribution in [0.1, 0.15) is 19.4 Å². The molecule has 10 heteroatoms. The zero-order valence-electron chi connectivity index (χ0n) is 19.6. The Hall–Kier alpha value is -4.21. The minimum Gasteiger partial charge on any atom is -0.333 e. The van der Waals surface area contributed by atoms with Crippen LogP contribution in [0.2, 0.25) is 0 Å². The lowest BCUT2D eigenvalue weighted by Crippen LogP contribution is -2.38. The molecule has 34 heavy (non-hydrogen) atoms. The summed E-state index contributed by atoms with van der Waals surface area (Å²) in [5, 5.41) is 12.5. The topological polar surface area (TPSA) is 108 Å². The van der Waals surface area contributed by atoms with Crippen molar-refractivity contribution < 1.29 is 0 Å². The molecule has 1 N–H and O–H groups in total. The molecule has 4 heterocycles. The van der Waals surface area contributed by atoms with Crippen LogP contribution >= 0.6 is 0 Å². The molecular weight excluding hydrogens is 432 g/mol. The standard InChI is InChI=1S/C24H26N8O2/c1-15(2)13-31-21-18(23(33)30(4)24(31)34)20(22-25-10-11-29(22)3)32(28-21)14-17-12-26-27-19(17)16-8-6-5-7-9-16/h5-12,15H,13-14H2,1-4H3,(H,26,27). The first-order valence-corrected chi connectivity index (χ1v) is 11.1. The summed E-state index contributed by atoms with van der Waals surface area (Å²) < 4.78 is 6.33. The number of fused-ring (bicyclic) bond motifs is 1. The lowest BCUT2D eigenvalue weighted by atomic mass is 10.1. The molecule has 0 saturated heterocycles. The van der Waals surface area contributed by atoms with Gasteiger partial charge in [0.05, 0.1) is 18.4 Å². The Morgan fingerprint density at radius 3 is 2.53 bits per heavy atom.